The molecule has 1 amide bonds. The third-order valence-electron chi connectivity index (χ3n) is 2.53. The van der Waals surface area contributed by atoms with E-state index < -0.39 is 17.6 Å². The fourth-order valence-electron chi connectivity index (χ4n) is 1.50. The van der Waals surface area contributed by atoms with Crippen LogP contribution >= 0.6 is 23.2 Å². The van der Waals surface area contributed by atoms with Crippen molar-refractivity contribution in [2.24, 2.45) is 0 Å². The van der Waals surface area contributed by atoms with Gasteiger partial charge in [-0.1, -0.05) is 23.2 Å². The molecular formula is C13H7Cl2F3N2O. The summed E-state index contributed by atoms with van der Waals surface area (Å²) in [6.45, 7) is 0. The van der Waals surface area contributed by atoms with Gasteiger partial charge in [0, 0.05) is 6.20 Å². The molecule has 0 saturated carbocycles. The molecule has 0 spiro atoms. The van der Waals surface area contributed by atoms with E-state index in [0.717, 1.165) is 18.2 Å². The number of carbonyl (C=O) groups excluding carboxylic acids is 1. The number of alkyl halides is 3. The van der Waals surface area contributed by atoms with Crippen LogP contribution in [0.3, 0.4) is 0 Å². The molecule has 1 heterocycles. The first-order valence-corrected chi connectivity index (χ1v) is 6.32. The summed E-state index contributed by atoms with van der Waals surface area (Å²) in [4.78, 5) is 15.6. The van der Waals surface area contributed by atoms with Crippen molar-refractivity contribution < 1.29 is 18.0 Å². The van der Waals surface area contributed by atoms with E-state index in [1.54, 1.807) is 0 Å². The van der Waals surface area contributed by atoms with Crippen molar-refractivity contribution >= 4 is 34.8 Å². The molecule has 1 N–H and O–H groups in total. The molecule has 0 aliphatic heterocycles. The van der Waals surface area contributed by atoms with Gasteiger partial charge in [0.2, 0.25) is 0 Å². The number of hydrogen-bond acceptors (Lipinski definition) is 2. The van der Waals surface area contributed by atoms with Gasteiger partial charge in [0.25, 0.3) is 5.91 Å². The van der Waals surface area contributed by atoms with Gasteiger partial charge in [-0.05, 0) is 30.3 Å². The fourth-order valence-corrected chi connectivity index (χ4v) is 1.84. The molecule has 2 rings (SSSR count). The third kappa shape index (κ3) is 3.86. The normalized spacial score (nSPS) is 11.3. The zero-order valence-corrected chi connectivity index (χ0v) is 11.7. The molecule has 0 unspecified atom stereocenters. The van der Waals surface area contributed by atoms with Crippen LogP contribution < -0.4 is 5.32 Å². The molecule has 1 aromatic heterocycles. The molecule has 110 valence electrons. The van der Waals surface area contributed by atoms with Crippen LogP contribution in [0.5, 0.6) is 0 Å². The van der Waals surface area contributed by atoms with Crippen molar-refractivity contribution in [2.75, 3.05) is 5.32 Å². The SMILES string of the molecule is O=C(Nc1ccc(C(F)(F)F)cc1Cl)c1ccc(Cl)nc1. The lowest BCUT2D eigenvalue weighted by atomic mass is 10.2. The number of hydrogen-bond donors (Lipinski definition) is 1. The number of benzene rings is 1. The summed E-state index contributed by atoms with van der Waals surface area (Å²) >= 11 is 11.3. The summed E-state index contributed by atoms with van der Waals surface area (Å²) in [5.41, 5.74) is -0.612. The molecule has 0 aliphatic carbocycles. The first-order chi connectivity index (χ1) is 9.77. The van der Waals surface area contributed by atoms with Crippen LogP contribution in [0.25, 0.3) is 0 Å². The molecule has 21 heavy (non-hydrogen) atoms. The van der Waals surface area contributed by atoms with Crippen LogP contribution in [0.15, 0.2) is 36.5 Å². The predicted octanol–water partition coefficient (Wildman–Crippen LogP) is 4.66. The second kappa shape index (κ2) is 5.91. The van der Waals surface area contributed by atoms with E-state index >= 15 is 0 Å². The van der Waals surface area contributed by atoms with Crippen LogP contribution in [-0.2, 0) is 6.18 Å². The Morgan fingerprint density at radius 2 is 1.86 bits per heavy atom. The smallest absolute Gasteiger partial charge is 0.321 e. The molecule has 0 bridgehead atoms. The third-order valence-corrected chi connectivity index (χ3v) is 3.07. The highest BCUT2D eigenvalue weighted by molar-refractivity contribution is 6.34. The van der Waals surface area contributed by atoms with Crippen molar-refractivity contribution in [3.05, 3.63) is 57.8 Å². The number of anilines is 1. The van der Waals surface area contributed by atoms with E-state index in [1.807, 2.05) is 0 Å². The Morgan fingerprint density at radius 3 is 2.38 bits per heavy atom. The Bertz CT molecular complexity index is 672. The number of nitrogens with zero attached hydrogens (tertiary/aromatic N) is 1. The van der Waals surface area contributed by atoms with Crippen LogP contribution in [-0.4, -0.2) is 10.9 Å². The molecular weight excluding hydrogens is 328 g/mol. The lowest BCUT2D eigenvalue weighted by Gasteiger charge is -2.11. The number of pyridine rings is 1. The minimum absolute atomic E-state index is 0.0737. The fraction of sp³-hybridized carbons (Fsp3) is 0.0769. The summed E-state index contributed by atoms with van der Waals surface area (Å²) in [6.07, 6.45) is -3.25. The Kier molecular flexibility index (Phi) is 4.39. The minimum atomic E-state index is -4.49. The lowest BCUT2D eigenvalue weighted by molar-refractivity contribution is -0.137. The topological polar surface area (TPSA) is 42.0 Å². The van der Waals surface area contributed by atoms with Gasteiger partial charge < -0.3 is 5.32 Å². The van der Waals surface area contributed by atoms with Crippen LogP contribution in [0.2, 0.25) is 10.2 Å². The summed E-state index contributed by atoms with van der Waals surface area (Å²) < 4.78 is 37.5. The van der Waals surface area contributed by atoms with Crippen LogP contribution in [0, 0.1) is 0 Å². The highest BCUT2D eigenvalue weighted by atomic mass is 35.5. The zero-order valence-electron chi connectivity index (χ0n) is 10.2. The molecule has 0 fully saturated rings. The van der Waals surface area contributed by atoms with Crippen LogP contribution in [0.1, 0.15) is 15.9 Å². The minimum Gasteiger partial charge on any atom is -0.321 e. The van der Waals surface area contributed by atoms with Crippen molar-refractivity contribution in [3.8, 4) is 0 Å². The molecule has 3 nitrogen and oxygen atoms in total. The number of rotatable bonds is 2. The first-order valence-electron chi connectivity index (χ1n) is 5.57. The maximum Gasteiger partial charge on any atom is 0.416 e. The summed E-state index contributed by atoms with van der Waals surface area (Å²) in [5.74, 6) is -0.555. The summed E-state index contributed by atoms with van der Waals surface area (Å²) in [7, 11) is 0. The molecule has 0 radical (unpaired) electrons. The Morgan fingerprint density at radius 1 is 1.14 bits per heavy atom. The maximum atomic E-state index is 12.5. The van der Waals surface area contributed by atoms with Gasteiger partial charge >= 0.3 is 6.18 Å². The van der Waals surface area contributed by atoms with E-state index in [1.165, 1.54) is 18.3 Å². The van der Waals surface area contributed by atoms with Crippen molar-refractivity contribution in [1.29, 1.82) is 0 Å². The van der Waals surface area contributed by atoms with Crippen molar-refractivity contribution in [1.82, 2.24) is 4.98 Å². The van der Waals surface area contributed by atoms with E-state index in [2.05, 4.69) is 10.3 Å². The van der Waals surface area contributed by atoms with Gasteiger partial charge in [-0.3, -0.25) is 4.79 Å². The van der Waals surface area contributed by atoms with Crippen LogP contribution in [0.4, 0.5) is 18.9 Å². The number of amides is 1. The van der Waals surface area contributed by atoms with Gasteiger partial charge in [0.1, 0.15) is 5.15 Å². The molecule has 1 aromatic carbocycles. The number of nitrogens with one attached hydrogen (secondary N) is 1. The summed E-state index contributed by atoms with van der Waals surface area (Å²) in [5, 5.41) is 2.42. The Balaban J connectivity index is 2.20. The van der Waals surface area contributed by atoms with Gasteiger partial charge in [0.05, 0.1) is 21.8 Å². The molecule has 8 heteroatoms. The highest BCUT2D eigenvalue weighted by Gasteiger charge is 2.31. The monoisotopic (exact) mass is 334 g/mol. The second-order valence-electron chi connectivity index (χ2n) is 4.02. The average Bonchev–Trinajstić information content (AvgIpc) is 2.40. The first kappa shape index (κ1) is 15.6. The lowest BCUT2D eigenvalue weighted by Crippen LogP contribution is -2.13. The quantitative estimate of drug-likeness (QED) is 0.811. The van der Waals surface area contributed by atoms with Crippen molar-refractivity contribution in [2.45, 2.75) is 6.18 Å². The molecule has 2 aromatic rings. The van der Waals surface area contributed by atoms with E-state index in [-0.39, 0.29) is 21.4 Å². The number of aromatic nitrogens is 1. The van der Waals surface area contributed by atoms with Gasteiger partial charge in [-0.2, -0.15) is 13.2 Å². The number of halogens is 5. The maximum absolute atomic E-state index is 12.5. The Hall–Kier alpha value is -1.79. The van der Waals surface area contributed by atoms with E-state index in [4.69, 9.17) is 23.2 Å². The molecule has 0 atom stereocenters. The molecule has 0 aliphatic rings. The summed E-state index contributed by atoms with van der Waals surface area (Å²) in [6, 6.07) is 5.53. The zero-order chi connectivity index (χ0) is 15.6. The highest BCUT2D eigenvalue weighted by Crippen LogP contribution is 2.33. The standard InChI is InChI=1S/C13H7Cl2F3N2O/c14-9-5-8(13(16,17)18)2-3-10(9)20-12(21)7-1-4-11(15)19-6-7/h1-6H,(H,20,21). The average molecular weight is 335 g/mol. The van der Waals surface area contributed by atoms with Gasteiger partial charge in [-0.15, -0.1) is 0 Å². The largest absolute Gasteiger partial charge is 0.416 e. The predicted molar refractivity (Wildman–Crippen MR) is 73.7 cm³/mol. The van der Waals surface area contributed by atoms with Gasteiger partial charge in [0.15, 0.2) is 0 Å². The van der Waals surface area contributed by atoms with Crippen molar-refractivity contribution in [3.63, 3.8) is 0 Å². The number of carbonyl (C=O) groups is 1. The van der Waals surface area contributed by atoms with E-state index in [0.29, 0.717) is 0 Å². The Labute approximate surface area is 127 Å². The van der Waals surface area contributed by atoms with E-state index in [9.17, 15) is 18.0 Å². The second-order valence-corrected chi connectivity index (χ2v) is 4.81. The molecule has 0 saturated heterocycles. The van der Waals surface area contributed by atoms with Gasteiger partial charge in [-0.25, -0.2) is 4.98 Å².